The van der Waals surface area contributed by atoms with Crippen LogP contribution in [-0.4, -0.2) is 37.3 Å². The third-order valence-corrected chi connectivity index (χ3v) is 3.09. The van der Waals surface area contributed by atoms with E-state index in [9.17, 15) is 5.11 Å². The Balaban J connectivity index is 2.34. The van der Waals surface area contributed by atoms with Crippen molar-refractivity contribution in [1.82, 2.24) is 24.8 Å². The number of nitrogens with one attached hydrogen (secondary N) is 1. The summed E-state index contributed by atoms with van der Waals surface area (Å²) in [5, 5.41) is 12.7. The molecule has 18 heavy (non-hydrogen) atoms. The van der Waals surface area contributed by atoms with E-state index in [4.69, 9.17) is 0 Å². The molecule has 1 unspecified atom stereocenters. The van der Waals surface area contributed by atoms with E-state index in [-0.39, 0.29) is 18.3 Å². The van der Waals surface area contributed by atoms with E-state index in [1.165, 1.54) is 6.33 Å². The molecule has 2 N–H and O–H groups in total. The lowest BCUT2D eigenvalue weighted by molar-refractivity contribution is 0.172. The Bertz CT molecular complexity index is 518. The van der Waals surface area contributed by atoms with Gasteiger partial charge in [0.1, 0.15) is 11.8 Å². The van der Waals surface area contributed by atoms with Crippen LogP contribution in [0.25, 0.3) is 11.2 Å². The second-order valence-corrected chi connectivity index (χ2v) is 4.84. The zero-order chi connectivity index (χ0) is 13.2. The van der Waals surface area contributed by atoms with Crippen molar-refractivity contribution in [3.63, 3.8) is 0 Å². The van der Waals surface area contributed by atoms with Crippen LogP contribution in [0.2, 0.25) is 0 Å². The summed E-state index contributed by atoms with van der Waals surface area (Å²) in [5.41, 5.74) is 1.19. The van der Waals surface area contributed by atoms with Crippen LogP contribution >= 0.6 is 0 Å². The Morgan fingerprint density at radius 2 is 2.22 bits per heavy atom. The van der Waals surface area contributed by atoms with Crippen molar-refractivity contribution in [1.29, 1.82) is 0 Å². The van der Waals surface area contributed by atoms with Crippen molar-refractivity contribution in [2.75, 3.05) is 6.61 Å². The smallest absolute Gasteiger partial charge is 0.164 e. The molecule has 1 atom stereocenters. The fourth-order valence-corrected chi connectivity index (χ4v) is 2.02. The molecular weight excluding hydrogens is 230 g/mol. The largest absolute Gasteiger partial charge is 0.395 e. The maximum atomic E-state index is 9.29. The molecule has 6 heteroatoms. The number of nitrogens with zero attached hydrogens (tertiary/aromatic N) is 4. The van der Waals surface area contributed by atoms with Crippen LogP contribution in [0.5, 0.6) is 0 Å². The van der Waals surface area contributed by atoms with Gasteiger partial charge in [-0.05, 0) is 20.3 Å². The van der Waals surface area contributed by atoms with Crippen molar-refractivity contribution in [3.8, 4) is 0 Å². The number of rotatable bonds is 5. The quantitative estimate of drug-likeness (QED) is 0.822. The molecule has 98 valence electrons. The minimum absolute atomic E-state index is 0.0549. The van der Waals surface area contributed by atoms with Crippen molar-refractivity contribution < 1.29 is 5.11 Å². The first-order valence-electron chi connectivity index (χ1n) is 6.10. The molecule has 0 saturated carbocycles. The molecule has 0 spiro atoms. The van der Waals surface area contributed by atoms with Gasteiger partial charge in [-0.15, -0.1) is 0 Å². The Labute approximate surface area is 106 Å². The summed E-state index contributed by atoms with van der Waals surface area (Å²) in [7, 11) is 0. The second kappa shape index (κ2) is 4.99. The molecule has 0 amide bonds. The minimum Gasteiger partial charge on any atom is -0.395 e. The summed E-state index contributed by atoms with van der Waals surface area (Å²) in [6, 6.07) is 0.0549. The van der Waals surface area contributed by atoms with E-state index in [0.29, 0.717) is 0 Å². The van der Waals surface area contributed by atoms with Gasteiger partial charge in [0, 0.05) is 6.04 Å². The molecule has 0 aliphatic rings. The van der Waals surface area contributed by atoms with Crippen LogP contribution in [0.3, 0.4) is 0 Å². The van der Waals surface area contributed by atoms with Crippen LogP contribution < -0.4 is 5.32 Å². The average molecular weight is 249 g/mol. The summed E-state index contributed by atoms with van der Waals surface area (Å²) >= 11 is 0. The van der Waals surface area contributed by atoms with Gasteiger partial charge >= 0.3 is 0 Å². The maximum Gasteiger partial charge on any atom is 0.164 e. The summed E-state index contributed by atoms with van der Waals surface area (Å²) in [4.78, 5) is 12.5. The molecule has 0 aliphatic heterocycles. The van der Waals surface area contributed by atoms with E-state index in [0.717, 1.165) is 17.6 Å². The lowest BCUT2D eigenvalue weighted by Crippen LogP contribution is -2.48. The Hall–Kier alpha value is -1.53. The summed E-state index contributed by atoms with van der Waals surface area (Å²) < 4.78 is 1.96. The van der Waals surface area contributed by atoms with Crippen molar-refractivity contribution in [2.45, 2.75) is 38.9 Å². The summed E-state index contributed by atoms with van der Waals surface area (Å²) in [6.07, 6.45) is 5.82. The summed E-state index contributed by atoms with van der Waals surface area (Å²) in [6.45, 7) is 6.22. The Morgan fingerprint density at radius 1 is 1.44 bits per heavy atom. The molecule has 0 aliphatic carbocycles. The highest BCUT2D eigenvalue weighted by atomic mass is 16.3. The third kappa shape index (κ3) is 2.34. The number of aromatic nitrogens is 4. The first-order chi connectivity index (χ1) is 8.58. The van der Waals surface area contributed by atoms with E-state index in [1.807, 2.05) is 25.3 Å². The molecule has 0 bridgehead atoms. The fourth-order valence-electron chi connectivity index (χ4n) is 2.02. The van der Waals surface area contributed by atoms with Crippen LogP contribution in [0.1, 0.15) is 27.2 Å². The number of hydrogen-bond donors (Lipinski definition) is 2. The molecule has 2 aromatic rings. The molecule has 2 heterocycles. The lowest BCUT2D eigenvalue weighted by Gasteiger charge is -2.32. The summed E-state index contributed by atoms with van der Waals surface area (Å²) in [5.74, 6) is 0. The van der Waals surface area contributed by atoms with Gasteiger partial charge in [0.15, 0.2) is 5.65 Å². The standard InChI is InChI=1S/C12H19N5O/c1-4-9(6-18)16-12(2,3)17-8-15-10-5-13-7-14-11(10)17/h5,7-9,16,18H,4,6H2,1-3H3. The van der Waals surface area contributed by atoms with E-state index in [2.05, 4.69) is 20.3 Å². The fraction of sp³-hybridized carbons (Fsp3) is 0.583. The first-order valence-corrected chi connectivity index (χ1v) is 6.10. The normalized spacial score (nSPS) is 14.0. The molecule has 6 nitrogen and oxygen atoms in total. The highest BCUT2D eigenvalue weighted by Gasteiger charge is 2.25. The zero-order valence-electron chi connectivity index (χ0n) is 11.0. The van der Waals surface area contributed by atoms with Crippen LogP contribution in [0, 0.1) is 0 Å². The molecule has 0 saturated heterocycles. The minimum atomic E-state index is -0.369. The van der Waals surface area contributed by atoms with Gasteiger partial charge in [-0.3, -0.25) is 9.88 Å². The second-order valence-electron chi connectivity index (χ2n) is 4.84. The van der Waals surface area contributed by atoms with Crippen LogP contribution in [-0.2, 0) is 5.66 Å². The molecule has 0 fully saturated rings. The number of aliphatic hydroxyl groups is 1. The lowest BCUT2D eigenvalue weighted by atomic mass is 10.1. The number of fused-ring (bicyclic) bond motifs is 1. The van der Waals surface area contributed by atoms with Crippen LogP contribution in [0.15, 0.2) is 18.9 Å². The highest BCUT2D eigenvalue weighted by molar-refractivity contribution is 5.69. The SMILES string of the molecule is CCC(CO)NC(C)(C)n1cnc2cncnc21. The molecule has 2 aromatic heterocycles. The average Bonchev–Trinajstić information content (AvgIpc) is 2.80. The van der Waals surface area contributed by atoms with Gasteiger partial charge in [-0.2, -0.15) is 0 Å². The topological polar surface area (TPSA) is 75.9 Å². The maximum absolute atomic E-state index is 9.29. The number of hydrogen-bond acceptors (Lipinski definition) is 5. The van der Waals surface area contributed by atoms with Crippen molar-refractivity contribution in [3.05, 3.63) is 18.9 Å². The van der Waals surface area contributed by atoms with E-state index >= 15 is 0 Å². The monoisotopic (exact) mass is 249 g/mol. The van der Waals surface area contributed by atoms with Gasteiger partial charge in [0.2, 0.25) is 0 Å². The van der Waals surface area contributed by atoms with Crippen molar-refractivity contribution >= 4 is 11.2 Å². The van der Waals surface area contributed by atoms with Crippen LogP contribution in [0.4, 0.5) is 0 Å². The van der Waals surface area contributed by atoms with E-state index in [1.54, 1.807) is 12.5 Å². The zero-order valence-corrected chi connectivity index (χ0v) is 11.0. The molecule has 2 rings (SSSR count). The highest BCUT2D eigenvalue weighted by Crippen LogP contribution is 2.18. The van der Waals surface area contributed by atoms with E-state index < -0.39 is 0 Å². The van der Waals surface area contributed by atoms with Crippen molar-refractivity contribution in [2.24, 2.45) is 0 Å². The predicted molar refractivity (Wildman–Crippen MR) is 68.9 cm³/mol. The van der Waals surface area contributed by atoms with Gasteiger partial charge in [-0.1, -0.05) is 6.92 Å². The molecular formula is C12H19N5O. The molecule has 0 radical (unpaired) electrons. The Kier molecular flexibility index (Phi) is 3.58. The third-order valence-electron chi connectivity index (χ3n) is 3.09. The van der Waals surface area contributed by atoms with Gasteiger partial charge in [0.25, 0.3) is 0 Å². The first kappa shape index (κ1) is 12.9. The van der Waals surface area contributed by atoms with Gasteiger partial charge < -0.3 is 5.11 Å². The predicted octanol–water partition coefficient (Wildman–Crippen LogP) is 0.879. The molecule has 0 aromatic carbocycles. The number of imidazole rings is 1. The Morgan fingerprint density at radius 3 is 2.89 bits per heavy atom. The van der Waals surface area contributed by atoms with Gasteiger partial charge in [-0.25, -0.2) is 15.0 Å². The number of aliphatic hydroxyl groups excluding tert-OH is 1. The van der Waals surface area contributed by atoms with Gasteiger partial charge in [0.05, 0.1) is 24.8 Å².